The number of anilines is 1. The molecule has 8 heteroatoms. The number of hydrogen-bond donors (Lipinski definition) is 1. The highest BCUT2D eigenvalue weighted by atomic mass is 16.6. The van der Waals surface area contributed by atoms with Gasteiger partial charge in [0.15, 0.2) is 11.3 Å². The Kier molecular flexibility index (Phi) is 4.89. The normalized spacial score (nSPS) is 10.7. The lowest BCUT2D eigenvalue weighted by Gasteiger charge is -2.07. The third-order valence-corrected chi connectivity index (χ3v) is 4.57. The van der Waals surface area contributed by atoms with Crippen LogP contribution in [0.1, 0.15) is 15.9 Å². The van der Waals surface area contributed by atoms with Crippen molar-refractivity contribution in [1.82, 2.24) is 4.98 Å². The SMILES string of the molecule is COc1ccc(C(=O)Nc2ccc(-c3nc4ccc(C)cc4o3)cc2)cc1[N+](=O)[O-]. The van der Waals surface area contributed by atoms with E-state index in [9.17, 15) is 14.9 Å². The summed E-state index contributed by atoms with van der Waals surface area (Å²) >= 11 is 0. The predicted octanol–water partition coefficient (Wildman–Crippen LogP) is 4.97. The van der Waals surface area contributed by atoms with Gasteiger partial charge in [-0.25, -0.2) is 4.98 Å². The number of ether oxygens (including phenoxy) is 1. The van der Waals surface area contributed by atoms with E-state index in [-0.39, 0.29) is 17.0 Å². The quantitative estimate of drug-likeness (QED) is 0.372. The minimum Gasteiger partial charge on any atom is -0.490 e. The van der Waals surface area contributed by atoms with Crippen LogP contribution in [0.3, 0.4) is 0 Å². The molecule has 1 heterocycles. The van der Waals surface area contributed by atoms with Crippen molar-refractivity contribution in [2.45, 2.75) is 6.92 Å². The zero-order valence-corrected chi connectivity index (χ0v) is 16.2. The second-order valence-corrected chi connectivity index (χ2v) is 6.67. The number of amides is 1. The maximum atomic E-state index is 12.5. The predicted molar refractivity (Wildman–Crippen MR) is 112 cm³/mol. The van der Waals surface area contributed by atoms with Crippen molar-refractivity contribution in [2.75, 3.05) is 12.4 Å². The summed E-state index contributed by atoms with van der Waals surface area (Å²) in [5.41, 5.74) is 3.75. The van der Waals surface area contributed by atoms with E-state index in [2.05, 4.69) is 10.3 Å². The molecule has 1 amide bonds. The molecule has 1 aromatic heterocycles. The highest BCUT2D eigenvalue weighted by Gasteiger charge is 2.18. The van der Waals surface area contributed by atoms with E-state index in [4.69, 9.17) is 9.15 Å². The Morgan fingerprint density at radius 2 is 1.87 bits per heavy atom. The van der Waals surface area contributed by atoms with E-state index >= 15 is 0 Å². The Labute approximate surface area is 171 Å². The molecule has 0 atom stereocenters. The van der Waals surface area contributed by atoms with Gasteiger partial charge in [0.2, 0.25) is 5.89 Å². The molecule has 0 aliphatic heterocycles. The molecule has 4 aromatic rings. The molecule has 0 fully saturated rings. The molecule has 0 unspecified atom stereocenters. The van der Waals surface area contributed by atoms with Gasteiger partial charge in [0, 0.05) is 22.9 Å². The number of methoxy groups -OCH3 is 1. The molecule has 0 radical (unpaired) electrons. The van der Waals surface area contributed by atoms with E-state index in [0.717, 1.165) is 16.6 Å². The lowest BCUT2D eigenvalue weighted by atomic mass is 10.1. The van der Waals surface area contributed by atoms with E-state index in [1.807, 2.05) is 25.1 Å². The lowest BCUT2D eigenvalue weighted by Crippen LogP contribution is -2.12. The lowest BCUT2D eigenvalue weighted by molar-refractivity contribution is -0.385. The zero-order valence-electron chi connectivity index (χ0n) is 16.2. The fourth-order valence-electron chi connectivity index (χ4n) is 3.03. The molecule has 0 bridgehead atoms. The van der Waals surface area contributed by atoms with Crippen LogP contribution in [0.4, 0.5) is 11.4 Å². The standard InChI is InChI=1S/C22H17N3O5/c1-13-3-9-17-20(11-13)30-22(24-17)14-4-7-16(8-5-14)23-21(26)15-6-10-19(29-2)18(12-15)25(27)28/h3-12H,1-2H3,(H,23,26). The molecule has 150 valence electrons. The first-order valence-corrected chi connectivity index (χ1v) is 9.06. The fraction of sp³-hybridized carbons (Fsp3) is 0.0909. The van der Waals surface area contributed by atoms with E-state index in [1.54, 1.807) is 24.3 Å². The third kappa shape index (κ3) is 3.70. The maximum absolute atomic E-state index is 12.5. The molecule has 30 heavy (non-hydrogen) atoms. The minimum absolute atomic E-state index is 0.0921. The third-order valence-electron chi connectivity index (χ3n) is 4.57. The van der Waals surface area contributed by atoms with Gasteiger partial charge in [-0.3, -0.25) is 14.9 Å². The van der Waals surface area contributed by atoms with Crippen LogP contribution in [0.25, 0.3) is 22.6 Å². The molecule has 0 aliphatic carbocycles. The maximum Gasteiger partial charge on any atom is 0.311 e. The number of aryl methyl sites for hydroxylation is 1. The highest BCUT2D eigenvalue weighted by molar-refractivity contribution is 6.05. The number of aromatic nitrogens is 1. The largest absolute Gasteiger partial charge is 0.490 e. The van der Waals surface area contributed by atoms with Gasteiger partial charge in [-0.15, -0.1) is 0 Å². The van der Waals surface area contributed by atoms with Gasteiger partial charge in [0.1, 0.15) is 5.52 Å². The summed E-state index contributed by atoms with van der Waals surface area (Å²) in [4.78, 5) is 27.5. The van der Waals surface area contributed by atoms with E-state index in [1.165, 1.54) is 25.3 Å². The molecule has 0 saturated heterocycles. The molecular weight excluding hydrogens is 386 g/mol. The van der Waals surface area contributed by atoms with Crippen molar-refractivity contribution in [1.29, 1.82) is 0 Å². The number of hydrogen-bond acceptors (Lipinski definition) is 6. The second-order valence-electron chi connectivity index (χ2n) is 6.67. The van der Waals surface area contributed by atoms with Gasteiger partial charge in [-0.1, -0.05) is 6.07 Å². The first-order valence-electron chi connectivity index (χ1n) is 9.06. The first-order chi connectivity index (χ1) is 14.4. The van der Waals surface area contributed by atoms with Crippen molar-refractivity contribution in [3.8, 4) is 17.2 Å². The molecule has 8 nitrogen and oxygen atoms in total. The number of fused-ring (bicyclic) bond motifs is 1. The summed E-state index contributed by atoms with van der Waals surface area (Å²) in [5.74, 6) is 0.111. The van der Waals surface area contributed by atoms with Gasteiger partial charge < -0.3 is 14.5 Å². The number of carbonyl (C=O) groups is 1. The molecule has 0 saturated carbocycles. The number of nitro benzene ring substituents is 1. The number of nitro groups is 1. The molecule has 1 N–H and O–H groups in total. The summed E-state index contributed by atoms with van der Waals surface area (Å²) in [7, 11) is 1.33. The summed E-state index contributed by atoms with van der Waals surface area (Å²) in [5, 5.41) is 13.9. The Balaban J connectivity index is 1.53. The van der Waals surface area contributed by atoms with E-state index in [0.29, 0.717) is 17.2 Å². The van der Waals surface area contributed by atoms with Crippen LogP contribution in [-0.2, 0) is 0 Å². The average molecular weight is 403 g/mol. The summed E-state index contributed by atoms with van der Waals surface area (Å²) in [6, 6.07) is 16.8. The summed E-state index contributed by atoms with van der Waals surface area (Å²) < 4.78 is 10.8. The van der Waals surface area contributed by atoms with Crippen LogP contribution in [0.5, 0.6) is 5.75 Å². The van der Waals surface area contributed by atoms with Crippen molar-refractivity contribution < 1.29 is 18.9 Å². The van der Waals surface area contributed by atoms with Crippen LogP contribution in [0.2, 0.25) is 0 Å². The van der Waals surface area contributed by atoms with Gasteiger partial charge in [-0.05, 0) is 61.0 Å². The molecular formula is C22H17N3O5. The monoisotopic (exact) mass is 403 g/mol. The number of nitrogens with one attached hydrogen (secondary N) is 1. The minimum atomic E-state index is -0.591. The van der Waals surface area contributed by atoms with Crippen molar-refractivity contribution in [3.63, 3.8) is 0 Å². The Morgan fingerprint density at radius 3 is 2.57 bits per heavy atom. The van der Waals surface area contributed by atoms with Crippen molar-refractivity contribution >= 4 is 28.4 Å². The van der Waals surface area contributed by atoms with Gasteiger partial charge in [0.05, 0.1) is 12.0 Å². The van der Waals surface area contributed by atoms with Gasteiger partial charge in [0.25, 0.3) is 5.91 Å². The van der Waals surface area contributed by atoms with Crippen molar-refractivity contribution in [3.05, 3.63) is 81.9 Å². The molecule has 3 aromatic carbocycles. The number of oxazole rings is 1. The van der Waals surface area contributed by atoms with Crippen LogP contribution < -0.4 is 10.1 Å². The molecule has 0 spiro atoms. The molecule has 0 aliphatic rings. The first kappa shape index (κ1) is 19.1. The second kappa shape index (κ2) is 7.67. The van der Waals surface area contributed by atoms with Gasteiger partial charge in [-0.2, -0.15) is 0 Å². The smallest absolute Gasteiger partial charge is 0.311 e. The number of nitrogens with zero attached hydrogens (tertiary/aromatic N) is 2. The number of carbonyl (C=O) groups excluding carboxylic acids is 1. The Morgan fingerprint density at radius 1 is 1.10 bits per heavy atom. The van der Waals surface area contributed by atoms with E-state index < -0.39 is 10.8 Å². The zero-order chi connectivity index (χ0) is 21.3. The number of rotatable bonds is 5. The van der Waals surface area contributed by atoms with Crippen LogP contribution in [0, 0.1) is 17.0 Å². The molecule has 4 rings (SSSR count). The van der Waals surface area contributed by atoms with Crippen LogP contribution >= 0.6 is 0 Å². The Hall–Kier alpha value is -4.20. The Bertz CT molecular complexity index is 1260. The summed E-state index contributed by atoms with van der Waals surface area (Å²) in [6.45, 7) is 1.98. The van der Waals surface area contributed by atoms with Crippen molar-refractivity contribution in [2.24, 2.45) is 0 Å². The average Bonchev–Trinajstić information content (AvgIpc) is 3.16. The fourth-order valence-corrected chi connectivity index (χ4v) is 3.03. The number of benzene rings is 3. The van der Waals surface area contributed by atoms with Crippen LogP contribution in [-0.4, -0.2) is 22.9 Å². The topological polar surface area (TPSA) is 108 Å². The van der Waals surface area contributed by atoms with Crippen LogP contribution in [0.15, 0.2) is 65.1 Å². The van der Waals surface area contributed by atoms with Gasteiger partial charge >= 0.3 is 5.69 Å². The summed E-state index contributed by atoms with van der Waals surface area (Å²) in [6.07, 6.45) is 0. The highest BCUT2D eigenvalue weighted by Crippen LogP contribution is 2.29.